The minimum Gasteiger partial charge on any atom is -0.379 e. The van der Waals surface area contributed by atoms with Crippen molar-refractivity contribution in [2.24, 2.45) is 5.73 Å². The summed E-state index contributed by atoms with van der Waals surface area (Å²) in [7, 11) is 0. The van der Waals surface area contributed by atoms with Crippen molar-refractivity contribution >= 4 is 28.6 Å². The van der Waals surface area contributed by atoms with Gasteiger partial charge in [-0.05, 0) is 24.5 Å². The number of rotatable bonds is 8. The van der Waals surface area contributed by atoms with Gasteiger partial charge in [-0.25, -0.2) is 0 Å². The molecule has 2 aliphatic rings. The van der Waals surface area contributed by atoms with E-state index in [-0.39, 0.29) is 11.4 Å². The molecule has 4 rings (SSSR count). The first-order chi connectivity index (χ1) is 14.2. The topological polar surface area (TPSA) is 74.6 Å². The van der Waals surface area contributed by atoms with Crippen LogP contribution in [0.3, 0.4) is 0 Å². The number of aromatic nitrogens is 1. The average Bonchev–Trinajstić information content (AvgIpc) is 3.37. The molecule has 1 aromatic carbocycles. The molecule has 6 nitrogen and oxygen atoms in total. The minimum absolute atomic E-state index is 0.105. The lowest BCUT2D eigenvalue weighted by molar-refractivity contribution is -0.113. The normalized spacial score (nSPS) is 21.5. The maximum atomic E-state index is 12.0. The SMILES string of the molecule is CCCCC(Cc1c[nH]c2ccccc12)N1C=C(C(N)=O)SC1N1CCOCC1. The third-order valence-corrected chi connectivity index (χ3v) is 7.11. The molecular formula is C22H30N4O2S. The number of para-hydroxylation sites is 1. The van der Waals surface area contributed by atoms with Gasteiger partial charge in [-0.3, -0.25) is 9.69 Å². The number of ether oxygens (including phenoxy) is 1. The number of hydrogen-bond donors (Lipinski definition) is 2. The zero-order valence-corrected chi connectivity index (χ0v) is 17.8. The van der Waals surface area contributed by atoms with Gasteiger partial charge in [-0.2, -0.15) is 0 Å². The summed E-state index contributed by atoms with van der Waals surface area (Å²) in [5, 5.41) is 1.28. The van der Waals surface area contributed by atoms with Gasteiger partial charge in [-0.15, -0.1) is 0 Å². The van der Waals surface area contributed by atoms with E-state index in [0.29, 0.717) is 10.9 Å². The predicted molar refractivity (Wildman–Crippen MR) is 118 cm³/mol. The molecule has 0 aliphatic carbocycles. The molecule has 0 spiro atoms. The number of aromatic amines is 1. The van der Waals surface area contributed by atoms with Crippen molar-refractivity contribution in [2.75, 3.05) is 26.3 Å². The lowest BCUT2D eigenvalue weighted by Crippen LogP contribution is -2.51. The fourth-order valence-corrected chi connectivity index (χ4v) is 5.46. The average molecular weight is 415 g/mol. The standard InChI is InChI=1S/C22H30N4O2S/c1-2-3-6-17(13-16-14-24-19-8-5-4-7-18(16)19)26-15-20(21(23)27)29-22(26)25-9-11-28-12-10-25/h4-5,7-8,14-15,17,22,24H,2-3,6,9-13H2,1H3,(H2,23,27). The number of primary amides is 1. The Morgan fingerprint density at radius 2 is 2.14 bits per heavy atom. The molecule has 3 N–H and O–H groups in total. The number of nitrogens with zero attached hydrogens (tertiary/aromatic N) is 2. The number of fused-ring (bicyclic) bond motifs is 1. The van der Waals surface area contributed by atoms with Crippen LogP contribution in [0.25, 0.3) is 10.9 Å². The molecule has 2 atom stereocenters. The zero-order valence-electron chi connectivity index (χ0n) is 17.0. The highest BCUT2D eigenvalue weighted by molar-refractivity contribution is 8.04. The van der Waals surface area contributed by atoms with Gasteiger partial charge < -0.3 is 20.4 Å². The molecule has 29 heavy (non-hydrogen) atoms. The first kappa shape index (κ1) is 20.3. The number of hydrogen-bond acceptors (Lipinski definition) is 5. The highest BCUT2D eigenvalue weighted by Crippen LogP contribution is 2.38. The molecule has 1 saturated heterocycles. The lowest BCUT2D eigenvalue weighted by Gasteiger charge is -2.41. The van der Waals surface area contributed by atoms with E-state index in [1.54, 1.807) is 11.8 Å². The quantitative estimate of drug-likeness (QED) is 0.694. The Hall–Kier alpha value is -1.96. The van der Waals surface area contributed by atoms with Crippen molar-refractivity contribution in [3.05, 3.63) is 47.1 Å². The highest BCUT2D eigenvalue weighted by atomic mass is 32.2. The van der Waals surface area contributed by atoms with Gasteiger partial charge in [0.15, 0.2) is 0 Å². The molecule has 1 aromatic heterocycles. The number of morpholine rings is 1. The number of carbonyl (C=O) groups is 1. The number of nitrogens with one attached hydrogen (secondary N) is 1. The fraction of sp³-hybridized carbons (Fsp3) is 0.500. The van der Waals surface area contributed by atoms with Crippen LogP contribution in [0.4, 0.5) is 0 Å². The van der Waals surface area contributed by atoms with E-state index in [2.05, 4.69) is 52.2 Å². The van der Waals surface area contributed by atoms with Crippen LogP contribution in [0.2, 0.25) is 0 Å². The summed E-state index contributed by atoms with van der Waals surface area (Å²) in [6.07, 6.45) is 8.47. The Labute approximate surface area is 176 Å². The van der Waals surface area contributed by atoms with E-state index in [0.717, 1.165) is 52.0 Å². The molecule has 0 radical (unpaired) electrons. The van der Waals surface area contributed by atoms with Crippen molar-refractivity contribution in [1.29, 1.82) is 0 Å². The number of amides is 1. The first-order valence-corrected chi connectivity index (χ1v) is 11.4. The molecule has 2 aliphatic heterocycles. The summed E-state index contributed by atoms with van der Waals surface area (Å²) < 4.78 is 5.55. The number of benzene rings is 1. The second-order valence-corrected chi connectivity index (χ2v) is 8.85. The molecule has 0 bridgehead atoms. The van der Waals surface area contributed by atoms with Crippen molar-refractivity contribution in [2.45, 2.75) is 44.1 Å². The largest absolute Gasteiger partial charge is 0.379 e. The Balaban J connectivity index is 1.62. The predicted octanol–water partition coefficient (Wildman–Crippen LogP) is 3.26. The van der Waals surface area contributed by atoms with Crippen LogP contribution in [-0.4, -0.2) is 58.5 Å². The maximum Gasteiger partial charge on any atom is 0.256 e. The van der Waals surface area contributed by atoms with Crippen LogP contribution in [-0.2, 0) is 16.0 Å². The third kappa shape index (κ3) is 4.47. The van der Waals surface area contributed by atoms with Gasteiger partial charge in [-0.1, -0.05) is 49.7 Å². The molecule has 1 fully saturated rings. The second kappa shape index (κ2) is 9.24. The van der Waals surface area contributed by atoms with Gasteiger partial charge >= 0.3 is 0 Å². The smallest absolute Gasteiger partial charge is 0.256 e. The highest BCUT2D eigenvalue weighted by Gasteiger charge is 2.37. The second-order valence-electron chi connectivity index (χ2n) is 7.76. The fourth-order valence-electron chi connectivity index (χ4n) is 4.22. The summed E-state index contributed by atoms with van der Waals surface area (Å²) >= 11 is 1.59. The first-order valence-electron chi connectivity index (χ1n) is 10.5. The Morgan fingerprint density at radius 1 is 1.34 bits per heavy atom. The van der Waals surface area contributed by atoms with E-state index in [9.17, 15) is 4.79 Å². The van der Waals surface area contributed by atoms with Crippen molar-refractivity contribution in [1.82, 2.24) is 14.8 Å². The zero-order chi connectivity index (χ0) is 20.2. The number of unbranched alkanes of at least 4 members (excludes halogenated alkanes) is 1. The van der Waals surface area contributed by atoms with Gasteiger partial charge in [0, 0.05) is 42.4 Å². The van der Waals surface area contributed by atoms with Crippen molar-refractivity contribution in [3.63, 3.8) is 0 Å². The molecule has 1 amide bonds. The maximum absolute atomic E-state index is 12.0. The van der Waals surface area contributed by atoms with Crippen LogP contribution in [0.15, 0.2) is 41.6 Å². The molecule has 7 heteroatoms. The molecule has 3 heterocycles. The van der Waals surface area contributed by atoms with E-state index < -0.39 is 0 Å². The summed E-state index contributed by atoms with van der Waals surface area (Å²) in [5.74, 6) is -0.336. The van der Waals surface area contributed by atoms with Gasteiger partial charge in [0.05, 0.1) is 18.1 Å². The van der Waals surface area contributed by atoms with Gasteiger partial charge in [0.1, 0.15) is 5.50 Å². The van der Waals surface area contributed by atoms with Gasteiger partial charge in [0.2, 0.25) is 0 Å². The molecule has 2 aromatic rings. The van der Waals surface area contributed by atoms with Crippen molar-refractivity contribution in [3.8, 4) is 0 Å². The van der Waals surface area contributed by atoms with E-state index >= 15 is 0 Å². The summed E-state index contributed by atoms with van der Waals surface area (Å²) in [5.41, 5.74) is 8.26. The Morgan fingerprint density at radius 3 is 2.90 bits per heavy atom. The van der Waals surface area contributed by atoms with Crippen LogP contribution in [0.1, 0.15) is 31.7 Å². The third-order valence-electron chi connectivity index (χ3n) is 5.80. The minimum atomic E-state index is -0.336. The molecular weight excluding hydrogens is 384 g/mol. The number of carbonyl (C=O) groups excluding carboxylic acids is 1. The number of thioether (sulfide) groups is 1. The summed E-state index contributed by atoms with van der Waals surface area (Å²) in [6, 6.07) is 8.76. The monoisotopic (exact) mass is 414 g/mol. The lowest BCUT2D eigenvalue weighted by atomic mass is 9.99. The van der Waals surface area contributed by atoms with E-state index in [1.807, 2.05) is 6.20 Å². The summed E-state index contributed by atoms with van der Waals surface area (Å²) in [6.45, 7) is 5.45. The van der Waals surface area contributed by atoms with Crippen LogP contribution < -0.4 is 5.73 Å². The number of H-pyrrole nitrogens is 1. The molecule has 156 valence electrons. The Bertz CT molecular complexity index is 875. The van der Waals surface area contributed by atoms with Crippen LogP contribution in [0, 0.1) is 0 Å². The molecule has 0 saturated carbocycles. The van der Waals surface area contributed by atoms with Crippen LogP contribution in [0.5, 0.6) is 0 Å². The van der Waals surface area contributed by atoms with E-state index in [4.69, 9.17) is 10.5 Å². The van der Waals surface area contributed by atoms with Crippen LogP contribution >= 0.6 is 11.8 Å². The Kier molecular flexibility index (Phi) is 6.47. The van der Waals surface area contributed by atoms with Gasteiger partial charge in [0.25, 0.3) is 5.91 Å². The van der Waals surface area contributed by atoms with E-state index in [1.165, 1.54) is 16.5 Å². The van der Waals surface area contributed by atoms with Crippen molar-refractivity contribution < 1.29 is 9.53 Å². The summed E-state index contributed by atoms with van der Waals surface area (Å²) in [4.78, 5) is 20.8. The molecule has 2 unspecified atom stereocenters. The number of nitrogens with two attached hydrogens (primary N) is 1.